The number of fused-ring (bicyclic) bond motifs is 5. The number of piperazine rings is 1. The number of phenols is 1. The Balaban J connectivity index is 1.32. The monoisotopic (exact) mass is 628 g/mol. The van der Waals surface area contributed by atoms with Gasteiger partial charge in [0.2, 0.25) is 0 Å². The molecular weight excluding hydrogens is 593 g/mol. The zero-order valence-corrected chi connectivity index (χ0v) is 25.6. The lowest BCUT2D eigenvalue weighted by atomic mass is 9.89. The number of aromatic nitrogens is 2. The number of nitrogens with zero attached hydrogens (tertiary/aromatic N) is 5. The topological polar surface area (TPSA) is 97.5 Å². The van der Waals surface area contributed by atoms with Crippen molar-refractivity contribution in [3.05, 3.63) is 53.1 Å². The molecule has 1 aromatic heterocycles. The Bertz CT molecular complexity index is 1920. The Hall–Kier alpha value is -4.14. The third-order valence-corrected chi connectivity index (χ3v) is 10.5. The first-order chi connectivity index (χ1) is 22.3. The van der Waals surface area contributed by atoms with Crippen LogP contribution in [-0.2, 0) is 6.42 Å². The van der Waals surface area contributed by atoms with Crippen LogP contribution in [0.1, 0.15) is 50.2 Å². The van der Waals surface area contributed by atoms with E-state index in [9.17, 15) is 14.8 Å². The first-order valence-electron chi connectivity index (χ1n) is 16.2. The van der Waals surface area contributed by atoms with Crippen LogP contribution in [0.4, 0.5) is 19.0 Å². The van der Waals surface area contributed by atoms with Gasteiger partial charge in [-0.05, 0) is 84.8 Å². The number of hydrogen-bond acceptors (Lipinski definition) is 8. The summed E-state index contributed by atoms with van der Waals surface area (Å²) < 4.78 is 53.0. The number of aromatic hydroxyl groups is 1. The van der Waals surface area contributed by atoms with Crippen LogP contribution >= 0.6 is 0 Å². The Morgan fingerprint density at radius 1 is 1.13 bits per heavy atom. The van der Waals surface area contributed by atoms with E-state index in [1.54, 1.807) is 19.1 Å². The highest BCUT2D eigenvalue weighted by atomic mass is 19.1. The molecule has 4 atom stereocenters. The molecule has 4 aliphatic rings. The lowest BCUT2D eigenvalue weighted by Crippen LogP contribution is -2.51. The lowest BCUT2D eigenvalue weighted by molar-refractivity contribution is 0.107. The van der Waals surface area contributed by atoms with E-state index in [1.165, 1.54) is 18.2 Å². The van der Waals surface area contributed by atoms with Crippen LogP contribution in [-0.4, -0.2) is 76.6 Å². The summed E-state index contributed by atoms with van der Waals surface area (Å²) in [6, 6.07) is 10.0. The van der Waals surface area contributed by atoms with Crippen LogP contribution < -0.4 is 15.0 Å². The number of nitriles is 1. The predicted molar refractivity (Wildman–Crippen MR) is 169 cm³/mol. The summed E-state index contributed by atoms with van der Waals surface area (Å²) in [5.74, 6) is -0.870. The van der Waals surface area contributed by atoms with Crippen LogP contribution in [0.2, 0.25) is 0 Å². The van der Waals surface area contributed by atoms with Gasteiger partial charge in [0.15, 0.2) is 5.82 Å². The zero-order chi connectivity index (χ0) is 31.7. The van der Waals surface area contributed by atoms with Gasteiger partial charge >= 0.3 is 6.01 Å². The van der Waals surface area contributed by atoms with Gasteiger partial charge in [0, 0.05) is 49.1 Å². The molecule has 2 N–H and O–H groups in total. The Labute approximate surface area is 264 Å². The molecule has 0 aliphatic carbocycles. The molecule has 11 heteroatoms. The molecule has 8 rings (SSSR count). The maximum Gasteiger partial charge on any atom is 0.319 e. The molecule has 5 heterocycles. The maximum atomic E-state index is 17.1. The second-order valence-corrected chi connectivity index (χ2v) is 13.3. The lowest BCUT2D eigenvalue weighted by Gasteiger charge is -2.34. The number of phenolic OH excluding ortho intramolecular Hbond substituents is 1. The quantitative estimate of drug-likeness (QED) is 0.278. The first kappa shape index (κ1) is 29.3. The molecule has 0 amide bonds. The van der Waals surface area contributed by atoms with Crippen LogP contribution in [0, 0.1) is 23.0 Å². The summed E-state index contributed by atoms with van der Waals surface area (Å²) in [5, 5.41) is 26.0. The Morgan fingerprint density at radius 2 is 1.93 bits per heavy atom. The van der Waals surface area contributed by atoms with E-state index in [-0.39, 0.29) is 52.7 Å². The minimum atomic E-state index is -0.923. The van der Waals surface area contributed by atoms with Crippen molar-refractivity contribution in [2.24, 2.45) is 0 Å². The number of aryl methyl sites for hydroxylation is 1. The average Bonchev–Trinajstić information content (AvgIpc) is 3.69. The van der Waals surface area contributed by atoms with E-state index in [0.717, 1.165) is 32.2 Å². The molecule has 4 saturated heterocycles. The van der Waals surface area contributed by atoms with Gasteiger partial charge in [-0.15, -0.1) is 0 Å². The van der Waals surface area contributed by atoms with Crippen LogP contribution in [0.3, 0.4) is 0 Å². The minimum Gasteiger partial charge on any atom is -0.508 e. The summed E-state index contributed by atoms with van der Waals surface area (Å²) in [7, 11) is 0. The van der Waals surface area contributed by atoms with Crippen molar-refractivity contribution in [2.45, 2.75) is 69.2 Å². The standard InChI is InChI=1S/C35H35F3N6O2/c1-2-25-28(37)7-4-19-10-24(45)12-26(29(19)25)30-20(14-39)11-27-32(31(30)38)41-34(42-33(27)43-16-22-5-6-23(17-43)40-22)46-18-35-8-3-9-44(35)15-21(36)13-35/h4,7,10-12,21-23,40,45H,2-3,5-6,8-9,13,15-18H2,1H3/t21-,22?,23?,35+/m1/s1. The third kappa shape index (κ3) is 4.64. The number of rotatable bonds is 6. The second kappa shape index (κ2) is 11.0. The first-order valence-corrected chi connectivity index (χ1v) is 16.2. The summed E-state index contributed by atoms with van der Waals surface area (Å²) in [6.45, 7) is 4.50. The molecule has 4 aromatic rings. The van der Waals surface area contributed by atoms with Crippen molar-refractivity contribution in [3.8, 4) is 29.0 Å². The molecule has 0 radical (unpaired) electrons. The maximum absolute atomic E-state index is 17.1. The van der Waals surface area contributed by atoms with E-state index >= 15 is 8.78 Å². The highest BCUT2D eigenvalue weighted by Gasteiger charge is 2.49. The number of nitrogens with one attached hydrogen (secondary N) is 1. The largest absolute Gasteiger partial charge is 0.508 e. The normalized spacial score (nSPS) is 25.8. The highest BCUT2D eigenvalue weighted by molar-refractivity contribution is 6.04. The van der Waals surface area contributed by atoms with E-state index in [0.29, 0.717) is 60.0 Å². The van der Waals surface area contributed by atoms with E-state index in [1.807, 2.05) is 0 Å². The summed E-state index contributed by atoms with van der Waals surface area (Å²) in [6.07, 6.45) is 3.59. The van der Waals surface area contributed by atoms with Gasteiger partial charge in [-0.1, -0.05) is 13.0 Å². The average molecular weight is 629 g/mol. The number of alkyl halides is 1. The molecule has 4 aliphatic heterocycles. The van der Waals surface area contributed by atoms with Crippen molar-refractivity contribution < 1.29 is 23.0 Å². The van der Waals surface area contributed by atoms with Gasteiger partial charge in [0.25, 0.3) is 0 Å². The Kier molecular flexibility index (Phi) is 6.99. The van der Waals surface area contributed by atoms with Crippen molar-refractivity contribution in [3.63, 3.8) is 0 Å². The molecule has 238 valence electrons. The summed E-state index contributed by atoms with van der Waals surface area (Å²) in [5.41, 5.74) is 0.0698. The molecule has 46 heavy (non-hydrogen) atoms. The SMILES string of the molecule is CCc1c(F)ccc2cc(O)cc(-c3c(C#N)cc4c(N5CC6CCC(C5)N6)nc(OC[C@@]56CCCN5C[C@H](F)C6)nc4c3F)c12. The van der Waals surface area contributed by atoms with Gasteiger partial charge in [-0.2, -0.15) is 15.2 Å². The number of halogens is 3. The second-order valence-electron chi connectivity index (χ2n) is 13.3. The van der Waals surface area contributed by atoms with Crippen molar-refractivity contribution in [1.82, 2.24) is 20.2 Å². The summed E-state index contributed by atoms with van der Waals surface area (Å²) in [4.78, 5) is 13.7. The number of hydrogen-bond donors (Lipinski definition) is 2. The molecule has 8 nitrogen and oxygen atoms in total. The molecule has 3 aromatic carbocycles. The number of benzene rings is 3. The van der Waals surface area contributed by atoms with E-state index < -0.39 is 23.3 Å². The molecule has 2 bridgehead atoms. The van der Waals surface area contributed by atoms with Crippen molar-refractivity contribution in [1.29, 1.82) is 5.26 Å². The van der Waals surface area contributed by atoms with E-state index in [2.05, 4.69) is 26.2 Å². The van der Waals surface area contributed by atoms with Crippen molar-refractivity contribution in [2.75, 3.05) is 37.7 Å². The zero-order valence-electron chi connectivity index (χ0n) is 25.6. The molecule has 4 fully saturated rings. The smallest absolute Gasteiger partial charge is 0.319 e. The number of anilines is 1. The fourth-order valence-electron chi connectivity index (χ4n) is 8.51. The highest BCUT2D eigenvalue weighted by Crippen LogP contribution is 2.44. The van der Waals surface area contributed by atoms with Gasteiger partial charge in [-0.3, -0.25) is 4.90 Å². The van der Waals surface area contributed by atoms with Crippen molar-refractivity contribution >= 4 is 27.5 Å². The van der Waals surface area contributed by atoms with Gasteiger partial charge < -0.3 is 20.1 Å². The fraction of sp³-hybridized carbons (Fsp3) is 0.457. The molecule has 0 spiro atoms. The number of ether oxygens (including phenoxy) is 1. The van der Waals surface area contributed by atoms with Gasteiger partial charge in [-0.25, -0.2) is 13.2 Å². The molecule has 0 saturated carbocycles. The van der Waals surface area contributed by atoms with Crippen LogP contribution in [0.5, 0.6) is 11.8 Å². The van der Waals surface area contributed by atoms with E-state index in [4.69, 9.17) is 9.72 Å². The van der Waals surface area contributed by atoms with Gasteiger partial charge in [0.1, 0.15) is 35.7 Å². The van der Waals surface area contributed by atoms with Crippen LogP contribution in [0.25, 0.3) is 32.8 Å². The summed E-state index contributed by atoms with van der Waals surface area (Å²) >= 11 is 0. The van der Waals surface area contributed by atoms with Crippen LogP contribution in [0.15, 0.2) is 30.3 Å². The minimum absolute atomic E-state index is 0.00692. The third-order valence-electron chi connectivity index (χ3n) is 10.5. The molecule has 2 unspecified atom stereocenters. The Morgan fingerprint density at radius 3 is 2.70 bits per heavy atom. The molecular formula is C35H35F3N6O2. The fourth-order valence-corrected chi connectivity index (χ4v) is 8.51. The van der Waals surface area contributed by atoms with Gasteiger partial charge in [0.05, 0.1) is 17.2 Å². The predicted octanol–water partition coefficient (Wildman–Crippen LogP) is 5.76.